The molecule has 120 valence electrons. The van der Waals surface area contributed by atoms with E-state index in [1.165, 1.54) is 0 Å². The third kappa shape index (κ3) is 3.24. The summed E-state index contributed by atoms with van der Waals surface area (Å²) in [7, 11) is 0. The Labute approximate surface area is 141 Å². The van der Waals surface area contributed by atoms with Crippen LogP contribution >= 0.6 is 24.0 Å². The number of hydrogen-bond donors (Lipinski definition) is 2. The third-order valence-corrected chi connectivity index (χ3v) is 4.42. The van der Waals surface area contributed by atoms with E-state index in [9.17, 15) is 4.79 Å². The fourth-order valence-electron chi connectivity index (χ4n) is 2.88. The Bertz CT molecular complexity index is 684. The first-order valence-corrected chi connectivity index (χ1v) is 7.67. The lowest BCUT2D eigenvalue weighted by atomic mass is 9.99. The van der Waals surface area contributed by atoms with Crippen LogP contribution in [0.4, 0.5) is 0 Å². The number of nitrogens with one attached hydrogen (secondary N) is 2. The zero-order valence-electron chi connectivity index (χ0n) is 12.6. The molecule has 0 aliphatic carbocycles. The lowest BCUT2D eigenvalue weighted by molar-refractivity contribution is 0.0893. The highest BCUT2D eigenvalue weighted by molar-refractivity contribution is 6.31. The van der Waals surface area contributed by atoms with Gasteiger partial charge in [0.15, 0.2) is 5.76 Å². The minimum absolute atomic E-state index is 0. The molecule has 0 spiro atoms. The lowest BCUT2D eigenvalue weighted by Gasteiger charge is -2.30. The fourth-order valence-corrected chi connectivity index (χ4v) is 3.06. The number of hydrogen-bond acceptors (Lipinski definition) is 3. The van der Waals surface area contributed by atoms with Crippen LogP contribution in [0.1, 0.15) is 35.9 Å². The van der Waals surface area contributed by atoms with Crippen LogP contribution in [0.5, 0.6) is 0 Å². The number of benzene rings is 1. The summed E-state index contributed by atoms with van der Waals surface area (Å²) in [5.41, 5.74) is 1.53. The molecule has 2 heterocycles. The molecule has 1 amide bonds. The summed E-state index contributed by atoms with van der Waals surface area (Å²) in [5, 5.41) is 7.98. The van der Waals surface area contributed by atoms with Crippen LogP contribution in [0, 0.1) is 6.92 Å². The average Bonchev–Trinajstić information content (AvgIpc) is 2.79. The van der Waals surface area contributed by atoms with Crippen molar-refractivity contribution in [3.63, 3.8) is 0 Å². The number of rotatable bonds is 2. The van der Waals surface area contributed by atoms with Crippen LogP contribution < -0.4 is 10.6 Å². The lowest BCUT2D eigenvalue weighted by Crippen LogP contribution is -2.51. The molecule has 1 aliphatic heterocycles. The van der Waals surface area contributed by atoms with Crippen molar-refractivity contribution in [1.82, 2.24) is 10.6 Å². The van der Waals surface area contributed by atoms with Gasteiger partial charge in [0, 0.05) is 28.1 Å². The SMILES string of the molecule is Cc1c(C(=O)NC2CCCNC2C)oc2ccc(Cl)cc12.Cl. The van der Waals surface area contributed by atoms with Crippen LogP contribution in [-0.4, -0.2) is 24.5 Å². The molecular formula is C16H20Cl2N2O2. The van der Waals surface area contributed by atoms with E-state index in [4.69, 9.17) is 16.0 Å². The largest absolute Gasteiger partial charge is 0.451 e. The number of carbonyl (C=O) groups is 1. The second kappa shape index (κ2) is 6.90. The Morgan fingerprint density at radius 1 is 1.45 bits per heavy atom. The van der Waals surface area contributed by atoms with Crippen LogP contribution in [0.25, 0.3) is 11.0 Å². The second-order valence-corrected chi connectivity index (χ2v) is 6.10. The Hall–Kier alpha value is -1.23. The fraction of sp³-hybridized carbons (Fsp3) is 0.438. The van der Waals surface area contributed by atoms with Crippen molar-refractivity contribution in [2.75, 3.05) is 6.54 Å². The van der Waals surface area contributed by atoms with Crippen LogP contribution in [0.15, 0.2) is 22.6 Å². The molecule has 1 aromatic carbocycles. The predicted octanol–water partition coefficient (Wildman–Crippen LogP) is 3.69. The van der Waals surface area contributed by atoms with Crippen molar-refractivity contribution in [2.45, 2.75) is 38.8 Å². The van der Waals surface area contributed by atoms with Gasteiger partial charge < -0.3 is 15.1 Å². The summed E-state index contributed by atoms with van der Waals surface area (Å²) in [4.78, 5) is 12.5. The zero-order valence-corrected chi connectivity index (χ0v) is 14.2. The normalized spacial score (nSPS) is 21.4. The summed E-state index contributed by atoms with van der Waals surface area (Å²) in [6, 6.07) is 5.81. The van der Waals surface area contributed by atoms with Crippen molar-refractivity contribution in [2.24, 2.45) is 0 Å². The molecule has 22 heavy (non-hydrogen) atoms. The van der Waals surface area contributed by atoms with Gasteiger partial charge in [-0.25, -0.2) is 0 Å². The van der Waals surface area contributed by atoms with E-state index in [-0.39, 0.29) is 30.4 Å². The van der Waals surface area contributed by atoms with Gasteiger partial charge >= 0.3 is 0 Å². The standard InChI is InChI=1S/C16H19ClN2O2.ClH/c1-9-12-8-11(17)5-6-14(12)21-15(9)16(20)19-13-4-3-7-18-10(13)2;/h5-6,8,10,13,18H,3-4,7H2,1-2H3,(H,19,20);1H. The smallest absolute Gasteiger partial charge is 0.287 e. The molecule has 1 aliphatic rings. The van der Waals surface area contributed by atoms with E-state index < -0.39 is 0 Å². The molecule has 0 radical (unpaired) electrons. The van der Waals surface area contributed by atoms with E-state index in [0.717, 1.165) is 30.3 Å². The van der Waals surface area contributed by atoms with Gasteiger partial charge in [-0.2, -0.15) is 0 Å². The molecule has 0 bridgehead atoms. The van der Waals surface area contributed by atoms with Crippen LogP contribution in [-0.2, 0) is 0 Å². The van der Waals surface area contributed by atoms with Gasteiger partial charge in [-0.1, -0.05) is 11.6 Å². The second-order valence-electron chi connectivity index (χ2n) is 5.66. The van der Waals surface area contributed by atoms with E-state index in [2.05, 4.69) is 17.6 Å². The topological polar surface area (TPSA) is 54.3 Å². The molecule has 3 rings (SSSR count). The Balaban J connectivity index is 0.00000176. The van der Waals surface area contributed by atoms with Gasteiger partial charge in [0.2, 0.25) is 0 Å². The molecule has 0 saturated carbocycles. The first-order valence-electron chi connectivity index (χ1n) is 7.29. The Morgan fingerprint density at radius 3 is 2.95 bits per heavy atom. The molecule has 1 fully saturated rings. The summed E-state index contributed by atoms with van der Waals surface area (Å²) < 4.78 is 5.70. The van der Waals surface area contributed by atoms with Gasteiger partial charge in [0.05, 0.1) is 0 Å². The van der Waals surface area contributed by atoms with Gasteiger partial charge in [-0.05, 0) is 51.4 Å². The number of carbonyl (C=O) groups excluding carboxylic acids is 1. The summed E-state index contributed by atoms with van der Waals surface area (Å²) in [5.74, 6) is 0.227. The molecular weight excluding hydrogens is 323 g/mol. The average molecular weight is 343 g/mol. The molecule has 2 atom stereocenters. The minimum Gasteiger partial charge on any atom is -0.451 e. The van der Waals surface area contributed by atoms with Crippen molar-refractivity contribution in [3.8, 4) is 0 Å². The zero-order chi connectivity index (χ0) is 15.0. The number of aryl methyl sites for hydroxylation is 1. The van der Waals surface area contributed by atoms with E-state index >= 15 is 0 Å². The third-order valence-electron chi connectivity index (χ3n) is 4.18. The Morgan fingerprint density at radius 2 is 2.23 bits per heavy atom. The highest BCUT2D eigenvalue weighted by Gasteiger charge is 2.25. The first-order chi connectivity index (χ1) is 10.1. The summed E-state index contributed by atoms with van der Waals surface area (Å²) in [6.45, 7) is 4.99. The number of halogens is 2. The first kappa shape index (κ1) is 17.1. The minimum atomic E-state index is -0.152. The van der Waals surface area contributed by atoms with Crippen molar-refractivity contribution in [1.29, 1.82) is 0 Å². The van der Waals surface area contributed by atoms with Crippen LogP contribution in [0.3, 0.4) is 0 Å². The number of piperidine rings is 1. The quantitative estimate of drug-likeness (QED) is 0.875. The molecule has 2 aromatic rings. The molecule has 2 unspecified atom stereocenters. The molecule has 4 nitrogen and oxygen atoms in total. The highest BCUT2D eigenvalue weighted by Crippen LogP contribution is 2.28. The highest BCUT2D eigenvalue weighted by atomic mass is 35.5. The van der Waals surface area contributed by atoms with Gasteiger partial charge in [-0.3, -0.25) is 4.79 Å². The predicted molar refractivity (Wildman–Crippen MR) is 91.2 cm³/mol. The maximum absolute atomic E-state index is 12.5. The van der Waals surface area contributed by atoms with E-state index in [1.807, 2.05) is 13.0 Å². The Kier molecular flexibility index (Phi) is 5.37. The van der Waals surface area contributed by atoms with Gasteiger partial charge in [0.25, 0.3) is 5.91 Å². The van der Waals surface area contributed by atoms with Crippen molar-refractivity contribution < 1.29 is 9.21 Å². The maximum atomic E-state index is 12.5. The molecule has 1 saturated heterocycles. The number of furan rings is 1. The molecule has 2 N–H and O–H groups in total. The van der Waals surface area contributed by atoms with Gasteiger partial charge in [-0.15, -0.1) is 12.4 Å². The van der Waals surface area contributed by atoms with Gasteiger partial charge in [0.1, 0.15) is 5.58 Å². The molecule has 1 aromatic heterocycles. The van der Waals surface area contributed by atoms with E-state index in [0.29, 0.717) is 16.4 Å². The monoisotopic (exact) mass is 342 g/mol. The summed E-state index contributed by atoms with van der Waals surface area (Å²) >= 11 is 6.00. The van der Waals surface area contributed by atoms with Crippen molar-refractivity contribution in [3.05, 3.63) is 34.5 Å². The number of amides is 1. The summed E-state index contributed by atoms with van der Waals surface area (Å²) in [6.07, 6.45) is 2.06. The van der Waals surface area contributed by atoms with E-state index in [1.54, 1.807) is 12.1 Å². The van der Waals surface area contributed by atoms with Crippen molar-refractivity contribution >= 4 is 40.9 Å². The number of fused-ring (bicyclic) bond motifs is 1. The van der Waals surface area contributed by atoms with Crippen LogP contribution in [0.2, 0.25) is 5.02 Å². The molecule has 6 heteroatoms. The maximum Gasteiger partial charge on any atom is 0.287 e.